The number of hydrogen-bond donors (Lipinski definition) is 2. The number of nitrogens with zero attached hydrogens (tertiary/aromatic N) is 3. The summed E-state index contributed by atoms with van der Waals surface area (Å²) in [7, 11) is 3.91. The van der Waals surface area contributed by atoms with Crippen molar-refractivity contribution in [3.63, 3.8) is 0 Å². The molecular weight excluding hydrogens is 689 g/mol. The number of benzene rings is 1. The highest BCUT2D eigenvalue weighted by atomic mass is 32.1. The lowest BCUT2D eigenvalue weighted by Crippen LogP contribution is -2.47. The summed E-state index contributed by atoms with van der Waals surface area (Å²) in [5.41, 5.74) is 1.27. The third-order valence-corrected chi connectivity index (χ3v) is 12.4. The Morgan fingerprint density at radius 3 is 2.36 bits per heavy atom. The van der Waals surface area contributed by atoms with Gasteiger partial charge < -0.3 is 20.1 Å². The monoisotopic (exact) mass is 752 g/mol. The number of aromatic nitrogens is 1. The molecule has 0 unspecified atom stereocenters. The summed E-state index contributed by atoms with van der Waals surface area (Å²) >= 11 is 1.36. The number of carboxylic acids is 1. The fourth-order valence-electron chi connectivity index (χ4n) is 8.37. The van der Waals surface area contributed by atoms with Gasteiger partial charge in [0.2, 0.25) is 5.91 Å². The second kappa shape index (κ2) is 21.1. The molecule has 1 aliphatic heterocycles. The molecule has 2 N–H and O–H groups in total. The highest BCUT2D eigenvalue weighted by Crippen LogP contribution is 2.35. The SMILES string of the molecule is CCO[C@H](C[C@H](C(C)C)N(C)C(=O)[C@@H](CC(=O)[C@H]1CCCCN1C)CC1CCCCC1)c1nc(C(=O)N[C@@H](Cc2ccccc2)C[C@H](C)C(=O)O)cs1. The second-order valence-electron chi connectivity index (χ2n) is 15.9. The highest BCUT2D eigenvalue weighted by molar-refractivity contribution is 7.09. The summed E-state index contributed by atoms with van der Waals surface area (Å²) in [5, 5.41) is 15.0. The van der Waals surface area contributed by atoms with Crippen LogP contribution in [0, 0.1) is 23.7 Å². The minimum Gasteiger partial charge on any atom is -0.481 e. The van der Waals surface area contributed by atoms with Gasteiger partial charge in [0.1, 0.15) is 16.8 Å². The summed E-state index contributed by atoms with van der Waals surface area (Å²) < 4.78 is 6.26. The van der Waals surface area contributed by atoms with Crippen LogP contribution in [0.25, 0.3) is 0 Å². The zero-order chi connectivity index (χ0) is 38.5. The van der Waals surface area contributed by atoms with Crippen LogP contribution < -0.4 is 5.32 Å². The van der Waals surface area contributed by atoms with E-state index in [2.05, 4.69) is 24.1 Å². The Morgan fingerprint density at radius 2 is 1.72 bits per heavy atom. The second-order valence-corrected chi connectivity index (χ2v) is 16.8. The molecule has 10 nitrogen and oxygen atoms in total. The molecule has 0 bridgehead atoms. The van der Waals surface area contributed by atoms with Gasteiger partial charge in [-0.2, -0.15) is 0 Å². The largest absolute Gasteiger partial charge is 0.481 e. The van der Waals surface area contributed by atoms with E-state index in [1.807, 2.05) is 56.3 Å². The highest BCUT2D eigenvalue weighted by Gasteiger charge is 2.37. The topological polar surface area (TPSA) is 129 Å². The van der Waals surface area contributed by atoms with E-state index in [0.29, 0.717) is 30.4 Å². The molecule has 11 heteroatoms. The van der Waals surface area contributed by atoms with E-state index in [0.717, 1.165) is 50.6 Å². The van der Waals surface area contributed by atoms with Gasteiger partial charge in [0, 0.05) is 49.9 Å². The standard InChI is InChI=1S/C42H64N4O6S/c1-7-52-38(40-44-34(27-53-40)39(48)43-33(22-29(4)42(50)51)24-31-18-12-9-13-19-31)26-36(28(2)3)46(6)41(49)32(23-30-16-10-8-11-17-30)25-37(47)35-20-14-15-21-45(35)5/h9,12-13,18-19,27-30,32-33,35-36,38H,7-8,10-11,14-17,20-26H2,1-6H3,(H,43,48)(H,50,51)/t29-,32+,33+,35+,36+,38+/m0/s1. The average molecular weight is 753 g/mol. The van der Waals surface area contributed by atoms with Crippen LogP contribution in [0.3, 0.4) is 0 Å². The van der Waals surface area contributed by atoms with Crippen LogP contribution in [0.4, 0.5) is 0 Å². The molecule has 0 radical (unpaired) electrons. The Labute approximate surface area is 321 Å². The maximum atomic E-state index is 14.5. The Kier molecular flexibility index (Phi) is 16.9. The van der Waals surface area contributed by atoms with Crippen LogP contribution in [0.1, 0.15) is 132 Å². The van der Waals surface area contributed by atoms with Gasteiger partial charge in [-0.15, -0.1) is 11.3 Å². The van der Waals surface area contributed by atoms with Gasteiger partial charge in [-0.3, -0.25) is 24.1 Å². The molecule has 2 aliphatic rings. The minimum atomic E-state index is -0.903. The quantitative estimate of drug-likeness (QED) is 0.142. The van der Waals surface area contributed by atoms with Crippen molar-refractivity contribution in [3.8, 4) is 0 Å². The van der Waals surface area contributed by atoms with Crippen molar-refractivity contribution in [1.82, 2.24) is 20.1 Å². The van der Waals surface area contributed by atoms with Crippen LogP contribution in [0.2, 0.25) is 0 Å². The predicted octanol–water partition coefficient (Wildman–Crippen LogP) is 7.58. The van der Waals surface area contributed by atoms with Crippen molar-refractivity contribution in [3.05, 3.63) is 52.0 Å². The molecule has 2 aromatic rings. The van der Waals surface area contributed by atoms with Crippen molar-refractivity contribution < 1.29 is 29.0 Å². The number of carbonyl (C=O) groups excluding carboxylic acids is 3. The lowest BCUT2D eigenvalue weighted by Gasteiger charge is -2.37. The maximum Gasteiger partial charge on any atom is 0.306 e. The molecule has 2 amide bonds. The summed E-state index contributed by atoms with van der Waals surface area (Å²) in [6.07, 6.45) is 10.8. The summed E-state index contributed by atoms with van der Waals surface area (Å²) in [6.45, 7) is 9.17. The number of carboxylic acid groups (broad SMARTS) is 1. The summed E-state index contributed by atoms with van der Waals surface area (Å²) in [4.78, 5) is 62.3. The fourth-order valence-corrected chi connectivity index (χ4v) is 9.22. The fraction of sp³-hybridized carbons (Fsp3) is 0.690. The van der Waals surface area contributed by atoms with E-state index in [9.17, 15) is 24.3 Å². The van der Waals surface area contributed by atoms with E-state index in [1.54, 1.807) is 12.3 Å². The first-order chi connectivity index (χ1) is 25.4. The van der Waals surface area contributed by atoms with Crippen LogP contribution in [-0.2, 0) is 25.5 Å². The third-order valence-electron chi connectivity index (χ3n) is 11.5. The van der Waals surface area contributed by atoms with Crippen molar-refractivity contribution in [2.24, 2.45) is 23.7 Å². The zero-order valence-electron chi connectivity index (χ0n) is 32.9. The lowest BCUT2D eigenvalue weighted by molar-refractivity contribution is -0.142. The molecule has 4 rings (SSSR count). The summed E-state index contributed by atoms with van der Waals surface area (Å²) in [6, 6.07) is 9.05. The molecule has 1 aromatic carbocycles. The molecule has 1 aliphatic carbocycles. The van der Waals surface area contributed by atoms with Gasteiger partial charge in [-0.1, -0.05) is 89.6 Å². The van der Waals surface area contributed by atoms with Gasteiger partial charge in [0.05, 0.1) is 12.0 Å². The van der Waals surface area contributed by atoms with E-state index >= 15 is 0 Å². The minimum absolute atomic E-state index is 0.0376. The zero-order valence-corrected chi connectivity index (χ0v) is 33.7. The van der Waals surface area contributed by atoms with Crippen molar-refractivity contribution >= 4 is 34.9 Å². The molecule has 2 heterocycles. The number of aliphatic carboxylic acids is 1. The predicted molar refractivity (Wildman–Crippen MR) is 210 cm³/mol. The van der Waals surface area contributed by atoms with E-state index in [-0.39, 0.29) is 66.1 Å². The van der Waals surface area contributed by atoms with Gasteiger partial charge in [0.25, 0.3) is 5.91 Å². The first-order valence-corrected chi connectivity index (χ1v) is 20.9. The van der Waals surface area contributed by atoms with Gasteiger partial charge >= 0.3 is 5.97 Å². The Balaban J connectivity index is 1.49. The molecular formula is C42H64N4O6S. The first kappa shape index (κ1) is 42.6. The number of likely N-dealkylation sites (N-methyl/N-ethyl adjacent to an activating group) is 1. The van der Waals surface area contributed by atoms with Crippen molar-refractivity contribution in [2.45, 2.75) is 135 Å². The number of likely N-dealkylation sites (tertiary alicyclic amines) is 1. The lowest BCUT2D eigenvalue weighted by atomic mass is 9.79. The van der Waals surface area contributed by atoms with Crippen LogP contribution in [0.15, 0.2) is 35.7 Å². The molecule has 6 atom stereocenters. The van der Waals surface area contributed by atoms with Crippen LogP contribution >= 0.6 is 11.3 Å². The molecule has 53 heavy (non-hydrogen) atoms. The summed E-state index contributed by atoms with van der Waals surface area (Å²) in [5.74, 6) is -1.42. The number of nitrogens with one attached hydrogen (secondary N) is 1. The third kappa shape index (κ3) is 12.7. The Morgan fingerprint density at radius 1 is 1.02 bits per heavy atom. The number of hydrogen-bond acceptors (Lipinski definition) is 8. The van der Waals surface area contributed by atoms with Crippen molar-refractivity contribution in [1.29, 1.82) is 0 Å². The number of ether oxygens (including phenoxy) is 1. The van der Waals surface area contributed by atoms with Crippen LogP contribution in [-0.4, -0.2) is 88.8 Å². The number of rotatable bonds is 20. The first-order valence-electron chi connectivity index (χ1n) is 20.0. The average Bonchev–Trinajstić information content (AvgIpc) is 3.64. The molecule has 1 aromatic heterocycles. The molecule has 1 saturated carbocycles. The van der Waals surface area contributed by atoms with E-state index in [1.165, 1.54) is 30.6 Å². The number of carbonyl (C=O) groups is 4. The number of amides is 2. The smallest absolute Gasteiger partial charge is 0.306 e. The molecule has 1 saturated heterocycles. The van der Waals surface area contributed by atoms with Crippen LogP contribution in [0.5, 0.6) is 0 Å². The Hall–Kier alpha value is -3.15. The number of Topliss-reactive ketones (excluding diaryl/α,β-unsaturated/α-hetero) is 1. The van der Waals surface area contributed by atoms with E-state index < -0.39 is 18.0 Å². The number of thiazole rings is 1. The number of ketones is 1. The normalized spacial score (nSPS) is 19.9. The molecule has 294 valence electrons. The van der Waals surface area contributed by atoms with Gasteiger partial charge in [-0.25, -0.2) is 4.98 Å². The van der Waals surface area contributed by atoms with E-state index in [4.69, 9.17) is 9.72 Å². The van der Waals surface area contributed by atoms with Crippen molar-refractivity contribution in [2.75, 3.05) is 27.2 Å². The van der Waals surface area contributed by atoms with Gasteiger partial charge in [0.15, 0.2) is 5.78 Å². The van der Waals surface area contributed by atoms with Gasteiger partial charge in [-0.05, 0) is 70.0 Å². The molecule has 0 spiro atoms. The number of piperidine rings is 1. The maximum absolute atomic E-state index is 14.5. The molecule has 2 fully saturated rings. The Bertz CT molecular complexity index is 1460.